The highest BCUT2D eigenvalue weighted by Gasteiger charge is 2.25. The predicted molar refractivity (Wildman–Crippen MR) is 132 cm³/mol. The summed E-state index contributed by atoms with van der Waals surface area (Å²) in [5.41, 5.74) is 3.17. The number of thiophene rings is 1. The number of thioether (sulfide) groups is 1. The topological polar surface area (TPSA) is 86.1 Å². The van der Waals surface area contributed by atoms with E-state index in [0.717, 1.165) is 47.1 Å². The molecule has 3 aromatic rings. The van der Waals surface area contributed by atoms with E-state index in [4.69, 9.17) is 4.74 Å². The smallest absolute Gasteiger partial charge is 0.341 e. The van der Waals surface area contributed by atoms with Crippen LogP contribution in [-0.4, -0.2) is 39.5 Å². The summed E-state index contributed by atoms with van der Waals surface area (Å²) in [6.45, 7) is 4.87. The van der Waals surface area contributed by atoms with E-state index in [9.17, 15) is 9.59 Å². The second-order valence-corrected chi connectivity index (χ2v) is 9.94. The van der Waals surface area contributed by atoms with E-state index < -0.39 is 5.97 Å². The Hall–Kier alpha value is -2.65. The molecule has 33 heavy (non-hydrogen) atoms. The van der Waals surface area contributed by atoms with Gasteiger partial charge in [0.25, 0.3) is 0 Å². The molecule has 1 fully saturated rings. The first-order chi connectivity index (χ1) is 16.0. The zero-order valence-electron chi connectivity index (χ0n) is 19.1. The van der Waals surface area contributed by atoms with Crippen LogP contribution < -0.4 is 5.32 Å². The molecule has 1 amide bonds. The molecule has 2 aromatic heterocycles. The van der Waals surface area contributed by atoms with Gasteiger partial charge in [0.2, 0.25) is 5.91 Å². The first-order valence-corrected chi connectivity index (χ1v) is 13.0. The van der Waals surface area contributed by atoms with Crippen LogP contribution in [0.3, 0.4) is 0 Å². The summed E-state index contributed by atoms with van der Waals surface area (Å²) >= 11 is 2.69. The minimum atomic E-state index is -0.471. The van der Waals surface area contributed by atoms with Gasteiger partial charge in [-0.3, -0.25) is 4.79 Å². The number of aromatic nitrogens is 3. The highest BCUT2D eigenvalue weighted by atomic mass is 32.2. The fraction of sp³-hybridized carbons (Fsp3) is 0.417. The number of methoxy groups -OCH3 is 1. The molecule has 1 aliphatic carbocycles. The summed E-state index contributed by atoms with van der Waals surface area (Å²) in [5.74, 6) is 1.01. The van der Waals surface area contributed by atoms with E-state index in [1.165, 1.54) is 43.1 Å². The average molecular weight is 485 g/mol. The molecule has 1 saturated carbocycles. The van der Waals surface area contributed by atoms with Gasteiger partial charge in [0.1, 0.15) is 16.4 Å². The lowest BCUT2D eigenvalue weighted by Gasteiger charge is -2.11. The second kappa shape index (κ2) is 10.5. The van der Waals surface area contributed by atoms with Gasteiger partial charge in [-0.1, -0.05) is 54.4 Å². The maximum atomic E-state index is 12.8. The van der Waals surface area contributed by atoms with Gasteiger partial charge in [0, 0.05) is 23.4 Å². The number of benzene rings is 1. The quantitative estimate of drug-likeness (QED) is 0.335. The molecular weight excluding hydrogens is 456 g/mol. The number of carbonyl (C=O) groups is 2. The normalized spacial score (nSPS) is 13.9. The maximum Gasteiger partial charge on any atom is 0.341 e. The summed E-state index contributed by atoms with van der Waals surface area (Å²) in [7, 11) is 1.35. The number of esters is 1. The monoisotopic (exact) mass is 484 g/mol. The molecule has 2 heterocycles. The number of carbonyl (C=O) groups excluding carboxylic acids is 2. The van der Waals surface area contributed by atoms with E-state index in [2.05, 4.69) is 27.0 Å². The SMILES string of the molecule is CCn1c(SCC(=O)Nc2scc(-c3ccc(C)cc3)c2C(=O)OC)nnc1C1CCCC1. The molecule has 0 aliphatic heterocycles. The van der Waals surface area contributed by atoms with Gasteiger partial charge in [0.05, 0.1) is 12.9 Å². The molecule has 4 rings (SSSR count). The fourth-order valence-corrected chi connectivity index (χ4v) is 5.97. The number of hydrogen-bond donors (Lipinski definition) is 1. The van der Waals surface area contributed by atoms with Gasteiger partial charge in [-0.15, -0.1) is 21.5 Å². The third-order valence-electron chi connectivity index (χ3n) is 5.91. The van der Waals surface area contributed by atoms with Gasteiger partial charge < -0.3 is 14.6 Å². The summed E-state index contributed by atoms with van der Waals surface area (Å²) in [4.78, 5) is 25.3. The summed E-state index contributed by atoms with van der Waals surface area (Å²) in [6.07, 6.45) is 4.78. The highest BCUT2D eigenvalue weighted by Crippen LogP contribution is 2.37. The van der Waals surface area contributed by atoms with Crippen LogP contribution in [0.5, 0.6) is 0 Å². The first kappa shape index (κ1) is 23.5. The lowest BCUT2D eigenvalue weighted by atomic mass is 10.0. The second-order valence-electron chi connectivity index (χ2n) is 8.11. The van der Waals surface area contributed by atoms with Crippen LogP contribution in [0.4, 0.5) is 5.00 Å². The zero-order chi connectivity index (χ0) is 23.4. The molecule has 7 nitrogen and oxygen atoms in total. The molecule has 0 radical (unpaired) electrons. The number of anilines is 1. The number of rotatable bonds is 8. The number of aryl methyl sites for hydroxylation is 1. The molecule has 0 unspecified atom stereocenters. The molecule has 0 bridgehead atoms. The molecule has 0 saturated heterocycles. The third-order valence-corrected chi connectivity index (χ3v) is 7.77. The van der Waals surface area contributed by atoms with Gasteiger partial charge in [-0.2, -0.15) is 0 Å². The Morgan fingerprint density at radius 3 is 2.61 bits per heavy atom. The van der Waals surface area contributed by atoms with E-state index in [1.54, 1.807) is 0 Å². The molecule has 174 valence electrons. The number of nitrogens with one attached hydrogen (secondary N) is 1. The van der Waals surface area contributed by atoms with Gasteiger partial charge in [-0.05, 0) is 32.3 Å². The number of hydrogen-bond acceptors (Lipinski definition) is 7. The van der Waals surface area contributed by atoms with E-state index in [-0.39, 0.29) is 11.7 Å². The van der Waals surface area contributed by atoms with Gasteiger partial charge >= 0.3 is 5.97 Å². The number of ether oxygens (including phenoxy) is 1. The van der Waals surface area contributed by atoms with Crippen molar-refractivity contribution in [3.05, 3.63) is 46.6 Å². The molecule has 1 aliphatic rings. The fourth-order valence-electron chi connectivity index (χ4n) is 4.18. The summed E-state index contributed by atoms with van der Waals surface area (Å²) < 4.78 is 7.12. The van der Waals surface area contributed by atoms with Crippen molar-refractivity contribution in [2.45, 2.75) is 57.1 Å². The van der Waals surface area contributed by atoms with Crippen LogP contribution in [0.1, 0.15) is 60.3 Å². The third kappa shape index (κ3) is 5.14. The first-order valence-electron chi connectivity index (χ1n) is 11.1. The minimum Gasteiger partial charge on any atom is -0.465 e. The largest absolute Gasteiger partial charge is 0.465 e. The highest BCUT2D eigenvalue weighted by molar-refractivity contribution is 7.99. The van der Waals surface area contributed by atoms with Crippen LogP contribution in [-0.2, 0) is 16.1 Å². The Balaban J connectivity index is 1.48. The standard InChI is InChI=1S/C24H28N4O3S2/c1-4-28-21(17-7-5-6-8-17)26-27-24(28)33-14-19(29)25-22-20(23(30)31-3)18(13-32-22)16-11-9-15(2)10-12-16/h9-13,17H,4-8,14H2,1-3H3,(H,25,29). The lowest BCUT2D eigenvalue weighted by molar-refractivity contribution is -0.113. The average Bonchev–Trinajstić information content (AvgIpc) is 3.57. The summed E-state index contributed by atoms with van der Waals surface area (Å²) in [6, 6.07) is 7.91. The summed E-state index contributed by atoms with van der Waals surface area (Å²) in [5, 5.41) is 14.8. The van der Waals surface area contributed by atoms with Gasteiger partial charge in [-0.25, -0.2) is 4.79 Å². The Morgan fingerprint density at radius 2 is 1.94 bits per heavy atom. The molecule has 1 aromatic carbocycles. The van der Waals surface area contributed by atoms with Crippen molar-refractivity contribution in [1.82, 2.24) is 14.8 Å². The zero-order valence-corrected chi connectivity index (χ0v) is 20.7. The van der Waals surface area contributed by atoms with Crippen molar-refractivity contribution in [2.75, 3.05) is 18.2 Å². The Labute approximate surface area is 201 Å². The van der Waals surface area contributed by atoms with Crippen LogP contribution in [0, 0.1) is 6.92 Å². The van der Waals surface area contributed by atoms with E-state index in [0.29, 0.717) is 16.5 Å². The Morgan fingerprint density at radius 1 is 1.21 bits per heavy atom. The maximum absolute atomic E-state index is 12.8. The molecule has 1 N–H and O–H groups in total. The van der Waals surface area contributed by atoms with Crippen LogP contribution >= 0.6 is 23.1 Å². The molecular formula is C24H28N4O3S2. The lowest BCUT2D eigenvalue weighted by Crippen LogP contribution is -2.16. The molecule has 9 heteroatoms. The number of amides is 1. The van der Waals surface area contributed by atoms with Gasteiger partial charge in [0.15, 0.2) is 5.16 Å². The van der Waals surface area contributed by atoms with Crippen LogP contribution in [0.15, 0.2) is 34.8 Å². The van der Waals surface area contributed by atoms with Crippen LogP contribution in [0.2, 0.25) is 0 Å². The van der Waals surface area contributed by atoms with E-state index >= 15 is 0 Å². The Bertz CT molecular complexity index is 1130. The van der Waals surface area contributed by atoms with Crippen molar-refractivity contribution >= 4 is 40.0 Å². The van der Waals surface area contributed by atoms with Crippen molar-refractivity contribution in [2.24, 2.45) is 0 Å². The Kier molecular flexibility index (Phi) is 7.49. The molecule has 0 atom stereocenters. The van der Waals surface area contributed by atoms with E-state index in [1.807, 2.05) is 36.6 Å². The predicted octanol–water partition coefficient (Wildman–Crippen LogP) is 5.51. The molecule has 0 spiro atoms. The van der Waals surface area contributed by atoms with Crippen molar-refractivity contribution in [3.63, 3.8) is 0 Å². The van der Waals surface area contributed by atoms with Crippen LogP contribution in [0.25, 0.3) is 11.1 Å². The number of nitrogens with zero attached hydrogens (tertiary/aromatic N) is 3. The van der Waals surface area contributed by atoms with Crippen molar-refractivity contribution in [3.8, 4) is 11.1 Å². The van der Waals surface area contributed by atoms with Crippen molar-refractivity contribution < 1.29 is 14.3 Å². The van der Waals surface area contributed by atoms with Crippen molar-refractivity contribution in [1.29, 1.82) is 0 Å². The minimum absolute atomic E-state index is 0.182.